The maximum atomic E-state index is 11.1. The Kier molecular flexibility index (Phi) is 7.33. The lowest BCUT2D eigenvalue weighted by molar-refractivity contribution is -0.143. The van der Waals surface area contributed by atoms with Crippen LogP contribution >= 0.6 is 0 Å². The predicted molar refractivity (Wildman–Crippen MR) is 63.0 cm³/mol. The zero-order chi connectivity index (χ0) is 12.6. The first-order valence-electron chi connectivity index (χ1n) is 5.42. The van der Waals surface area contributed by atoms with E-state index >= 15 is 0 Å². The second kappa shape index (κ2) is 7.62. The van der Waals surface area contributed by atoms with E-state index in [1.165, 1.54) is 6.26 Å². The third-order valence-electron chi connectivity index (χ3n) is 1.96. The van der Waals surface area contributed by atoms with Gasteiger partial charge in [0, 0.05) is 12.3 Å². The highest BCUT2D eigenvalue weighted by Gasteiger charge is 2.09. The minimum Gasteiger partial charge on any atom is -0.466 e. The molecule has 6 heteroatoms. The SMILES string of the molecule is CCOC(=O)CC(C)NCCCS(C)(=O)=O. The second-order valence-electron chi connectivity index (χ2n) is 3.85. The molecule has 1 unspecified atom stereocenters. The number of hydrogen-bond donors (Lipinski definition) is 1. The van der Waals surface area contributed by atoms with Crippen LogP contribution in [-0.4, -0.2) is 45.6 Å². The molecule has 5 nitrogen and oxygen atoms in total. The van der Waals surface area contributed by atoms with Crippen molar-refractivity contribution >= 4 is 15.8 Å². The van der Waals surface area contributed by atoms with Gasteiger partial charge >= 0.3 is 5.97 Å². The van der Waals surface area contributed by atoms with Gasteiger partial charge in [-0.05, 0) is 26.8 Å². The molecule has 96 valence electrons. The molecule has 0 aliphatic rings. The Morgan fingerprint density at radius 3 is 2.56 bits per heavy atom. The van der Waals surface area contributed by atoms with E-state index in [0.717, 1.165) is 0 Å². The molecule has 0 saturated carbocycles. The van der Waals surface area contributed by atoms with E-state index < -0.39 is 9.84 Å². The molecule has 1 N–H and O–H groups in total. The van der Waals surface area contributed by atoms with Gasteiger partial charge in [-0.3, -0.25) is 4.79 Å². The first-order valence-corrected chi connectivity index (χ1v) is 7.48. The van der Waals surface area contributed by atoms with Crippen LogP contribution in [0.3, 0.4) is 0 Å². The molecular weight excluding hydrogens is 230 g/mol. The maximum Gasteiger partial charge on any atom is 0.307 e. The third-order valence-corrected chi connectivity index (χ3v) is 2.99. The summed E-state index contributed by atoms with van der Waals surface area (Å²) in [6.45, 7) is 4.62. The first kappa shape index (κ1) is 15.4. The topological polar surface area (TPSA) is 72.5 Å². The zero-order valence-electron chi connectivity index (χ0n) is 10.2. The molecule has 0 saturated heterocycles. The Morgan fingerprint density at radius 1 is 1.44 bits per heavy atom. The van der Waals surface area contributed by atoms with E-state index in [1.807, 2.05) is 6.92 Å². The van der Waals surface area contributed by atoms with Crippen molar-refractivity contribution in [2.75, 3.05) is 25.2 Å². The van der Waals surface area contributed by atoms with Gasteiger partial charge in [0.05, 0.1) is 18.8 Å². The average molecular weight is 251 g/mol. The lowest BCUT2D eigenvalue weighted by Crippen LogP contribution is -2.30. The number of esters is 1. The molecule has 0 aliphatic carbocycles. The summed E-state index contributed by atoms with van der Waals surface area (Å²) in [5, 5.41) is 3.08. The molecule has 0 aromatic heterocycles. The molecule has 0 bridgehead atoms. The van der Waals surface area contributed by atoms with Gasteiger partial charge in [0.1, 0.15) is 9.84 Å². The molecule has 0 aromatic rings. The van der Waals surface area contributed by atoms with Crippen LogP contribution in [0, 0.1) is 0 Å². The van der Waals surface area contributed by atoms with Crippen LogP contribution in [0.5, 0.6) is 0 Å². The van der Waals surface area contributed by atoms with Gasteiger partial charge in [0.2, 0.25) is 0 Å². The Balaban J connectivity index is 3.58. The van der Waals surface area contributed by atoms with Crippen molar-refractivity contribution in [1.29, 1.82) is 0 Å². The van der Waals surface area contributed by atoms with Gasteiger partial charge in [-0.15, -0.1) is 0 Å². The predicted octanol–water partition coefficient (Wildman–Crippen LogP) is 0.352. The highest BCUT2D eigenvalue weighted by atomic mass is 32.2. The highest BCUT2D eigenvalue weighted by Crippen LogP contribution is 1.95. The van der Waals surface area contributed by atoms with E-state index in [-0.39, 0.29) is 17.8 Å². The fourth-order valence-electron chi connectivity index (χ4n) is 1.22. The summed E-state index contributed by atoms with van der Waals surface area (Å²) in [7, 11) is -2.89. The highest BCUT2D eigenvalue weighted by molar-refractivity contribution is 7.90. The third kappa shape index (κ3) is 9.92. The van der Waals surface area contributed by atoms with Crippen LogP contribution in [-0.2, 0) is 19.4 Å². The Hall–Kier alpha value is -0.620. The van der Waals surface area contributed by atoms with Gasteiger partial charge in [0.15, 0.2) is 0 Å². The molecule has 0 aromatic carbocycles. The van der Waals surface area contributed by atoms with E-state index in [9.17, 15) is 13.2 Å². The summed E-state index contributed by atoms with van der Waals surface area (Å²) >= 11 is 0. The van der Waals surface area contributed by atoms with Crippen molar-refractivity contribution in [2.45, 2.75) is 32.7 Å². The van der Waals surface area contributed by atoms with Crippen molar-refractivity contribution in [1.82, 2.24) is 5.32 Å². The monoisotopic (exact) mass is 251 g/mol. The van der Waals surface area contributed by atoms with Crippen molar-refractivity contribution in [3.05, 3.63) is 0 Å². The minimum absolute atomic E-state index is 0.0126. The molecule has 0 spiro atoms. The second-order valence-corrected chi connectivity index (χ2v) is 6.11. The summed E-state index contributed by atoms with van der Waals surface area (Å²) in [5.41, 5.74) is 0. The van der Waals surface area contributed by atoms with Gasteiger partial charge < -0.3 is 10.1 Å². The molecule has 0 radical (unpaired) electrons. The maximum absolute atomic E-state index is 11.1. The fraction of sp³-hybridized carbons (Fsp3) is 0.900. The number of nitrogens with one attached hydrogen (secondary N) is 1. The molecular formula is C10H21NO4S. The quantitative estimate of drug-likeness (QED) is 0.498. The number of hydrogen-bond acceptors (Lipinski definition) is 5. The average Bonchev–Trinajstić information content (AvgIpc) is 2.11. The first-order chi connectivity index (χ1) is 7.35. The van der Waals surface area contributed by atoms with Crippen molar-refractivity contribution in [3.8, 4) is 0 Å². The summed E-state index contributed by atoms with van der Waals surface area (Å²) in [5.74, 6) is -0.0582. The molecule has 0 amide bonds. The van der Waals surface area contributed by atoms with E-state index in [0.29, 0.717) is 26.0 Å². The molecule has 16 heavy (non-hydrogen) atoms. The Bertz CT molecular complexity index is 300. The fourth-order valence-corrected chi connectivity index (χ4v) is 1.89. The number of carbonyl (C=O) groups excluding carboxylic acids is 1. The van der Waals surface area contributed by atoms with Crippen LogP contribution in [0.25, 0.3) is 0 Å². The number of ether oxygens (including phenoxy) is 1. The number of sulfone groups is 1. The van der Waals surface area contributed by atoms with E-state index in [1.54, 1.807) is 6.92 Å². The van der Waals surface area contributed by atoms with Crippen molar-refractivity contribution in [3.63, 3.8) is 0 Å². The minimum atomic E-state index is -2.89. The van der Waals surface area contributed by atoms with Gasteiger partial charge in [-0.2, -0.15) is 0 Å². The molecule has 0 aliphatic heterocycles. The standard InChI is InChI=1S/C10H21NO4S/c1-4-15-10(12)8-9(2)11-6-5-7-16(3,13)14/h9,11H,4-8H2,1-3H3. The lowest BCUT2D eigenvalue weighted by Gasteiger charge is -2.12. The normalized spacial score (nSPS) is 13.4. The van der Waals surface area contributed by atoms with E-state index in [4.69, 9.17) is 4.74 Å². The molecule has 0 heterocycles. The van der Waals surface area contributed by atoms with Gasteiger partial charge in [0.25, 0.3) is 0 Å². The number of rotatable bonds is 8. The van der Waals surface area contributed by atoms with Crippen LogP contribution < -0.4 is 5.32 Å². The summed E-state index contributed by atoms with van der Waals surface area (Å²) in [4.78, 5) is 11.1. The molecule has 0 fully saturated rings. The van der Waals surface area contributed by atoms with Gasteiger partial charge in [-0.1, -0.05) is 0 Å². The lowest BCUT2D eigenvalue weighted by atomic mass is 10.2. The van der Waals surface area contributed by atoms with Crippen LogP contribution in [0.15, 0.2) is 0 Å². The van der Waals surface area contributed by atoms with Crippen LogP contribution in [0.2, 0.25) is 0 Å². The van der Waals surface area contributed by atoms with E-state index in [2.05, 4.69) is 5.32 Å². The van der Waals surface area contributed by atoms with Crippen molar-refractivity contribution < 1.29 is 17.9 Å². The largest absolute Gasteiger partial charge is 0.466 e. The smallest absolute Gasteiger partial charge is 0.307 e. The summed E-state index contributed by atoms with van der Waals surface area (Å²) in [6, 6.07) is 0.0126. The Morgan fingerprint density at radius 2 is 2.06 bits per heavy atom. The Labute approximate surface area is 97.5 Å². The van der Waals surface area contributed by atoms with Crippen LogP contribution in [0.4, 0.5) is 0 Å². The molecule has 1 atom stereocenters. The summed E-state index contributed by atoms with van der Waals surface area (Å²) in [6.07, 6.45) is 2.09. The number of carbonyl (C=O) groups is 1. The van der Waals surface area contributed by atoms with Crippen LogP contribution in [0.1, 0.15) is 26.7 Å². The van der Waals surface area contributed by atoms with Gasteiger partial charge in [-0.25, -0.2) is 8.42 Å². The molecule has 0 rings (SSSR count). The van der Waals surface area contributed by atoms with Crippen molar-refractivity contribution in [2.24, 2.45) is 0 Å². The zero-order valence-corrected chi connectivity index (χ0v) is 11.0. The summed E-state index contributed by atoms with van der Waals surface area (Å²) < 4.78 is 26.5.